The first-order valence-corrected chi connectivity index (χ1v) is 9.50. The normalized spacial score (nSPS) is 18.7. The number of anilines is 1. The monoisotopic (exact) mass is 327 g/mol. The molecular weight excluding hydrogens is 298 g/mol. The van der Waals surface area contributed by atoms with Gasteiger partial charge in [0, 0.05) is 31.5 Å². The number of amides is 1. The van der Waals surface area contributed by atoms with Crippen molar-refractivity contribution in [2.75, 3.05) is 24.5 Å². The average molecular weight is 327 g/mol. The number of allylic oxidation sites excluding steroid dienone is 1. The molecule has 0 unspecified atom stereocenters. The Labute approximate surface area is 145 Å². The molecular formula is C20H29N3O. The van der Waals surface area contributed by atoms with E-state index in [4.69, 9.17) is 0 Å². The predicted octanol–water partition coefficient (Wildman–Crippen LogP) is 4.08. The van der Waals surface area contributed by atoms with E-state index in [9.17, 15) is 4.79 Å². The second-order valence-corrected chi connectivity index (χ2v) is 6.91. The fourth-order valence-electron chi connectivity index (χ4n) is 3.63. The Balaban J connectivity index is 1.54. The molecule has 1 aliphatic carbocycles. The van der Waals surface area contributed by atoms with E-state index in [1.165, 1.54) is 56.9 Å². The minimum atomic E-state index is -0.0527. The van der Waals surface area contributed by atoms with Crippen LogP contribution in [-0.4, -0.2) is 30.5 Å². The first kappa shape index (κ1) is 17.0. The number of hydrogen-bond donors (Lipinski definition) is 1. The molecule has 1 N–H and O–H groups in total. The van der Waals surface area contributed by atoms with Gasteiger partial charge in [0.2, 0.25) is 0 Å². The molecule has 1 aromatic heterocycles. The summed E-state index contributed by atoms with van der Waals surface area (Å²) in [5.41, 5.74) is 3.16. The van der Waals surface area contributed by atoms with E-state index in [0.29, 0.717) is 12.2 Å². The molecule has 0 atom stereocenters. The van der Waals surface area contributed by atoms with Gasteiger partial charge in [-0.2, -0.15) is 0 Å². The minimum absolute atomic E-state index is 0.0527. The van der Waals surface area contributed by atoms with Crippen molar-refractivity contribution >= 4 is 11.6 Å². The van der Waals surface area contributed by atoms with Crippen molar-refractivity contribution in [3.63, 3.8) is 0 Å². The van der Waals surface area contributed by atoms with Crippen molar-refractivity contribution in [2.24, 2.45) is 0 Å². The third kappa shape index (κ3) is 4.83. The number of aromatic nitrogens is 1. The van der Waals surface area contributed by atoms with E-state index in [1.54, 1.807) is 6.20 Å². The second kappa shape index (κ2) is 8.86. The Morgan fingerprint density at radius 3 is 2.71 bits per heavy atom. The highest BCUT2D eigenvalue weighted by Gasteiger charge is 2.13. The molecule has 2 heterocycles. The largest absolute Gasteiger partial charge is 0.371 e. The Hall–Kier alpha value is -1.84. The van der Waals surface area contributed by atoms with Gasteiger partial charge in [-0.1, -0.05) is 24.5 Å². The van der Waals surface area contributed by atoms with Crippen molar-refractivity contribution in [1.29, 1.82) is 0 Å². The van der Waals surface area contributed by atoms with E-state index in [2.05, 4.69) is 21.3 Å². The molecule has 0 aromatic carbocycles. The molecule has 4 nitrogen and oxygen atoms in total. The molecule has 0 bridgehead atoms. The molecule has 24 heavy (non-hydrogen) atoms. The number of pyridine rings is 1. The quantitative estimate of drug-likeness (QED) is 0.829. The van der Waals surface area contributed by atoms with Crippen LogP contribution in [0.3, 0.4) is 0 Å². The molecule has 4 heteroatoms. The average Bonchev–Trinajstić information content (AvgIpc) is 2.92. The summed E-state index contributed by atoms with van der Waals surface area (Å²) in [5.74, 6) is -0.0527. The third-order valence-electron chi connectivity index (χ3n) is 5.06. The van der Waals surface area contributed by atoms with Gasteiger partial charge in [-0.15, -0.1) is 0 Å². The highest BCUT2D eigenvalue weighted by atomic mass is 16.1. The second-order valence-electron chi connectivity index (χ2n) is 6.91. The molecule has 0 radical (unpaired) electrons. The Morgan fingerprint density at radius 2 is 1.96 bits per heavy atom. The fraction of sp³-hybridized carbons (Fsp3) is 0.600. The number of nitrogens with zero attached hydrogens (tertiary/aromatic N) is 2. The van der Waals surface area contributed by atoms with Crippen LogP contribution in [0.25, 0.3) is 0 Å². The van der Waals surface area contributed by atoms with Crippen LogP contribution in [0.15, 0.2) is 30.0 Å². The van der Waals surface area contributed by atoms with Gasteiger partial charge in [0.1, 0.15) is 5.69 Å². The van der Waals surface area contributed by atoms with E-state index in [-0.39, 0.29) is 5.91 Å². The van der Waals surface area contributed by atoms with Crippen LogP contribution in [0.2, 0.25) is 0 Å². The molecule has 130 valence electrons. The zero-order valence-corrected chi connectivity index (χ0v) is 14.6. The number of carbonyl (C=O) groups is 1. The van der Waals surface area contributed by atoms with E-state index in [1.807, 2.05) is 12.1 Å². The van der Waals surface area contributed by atoms with Crippen molar-refractivity contribution in [3.05, 3.63) is 35.7 Å². The molecule has 1 fully saturated rings. The van der Waals surface area contributed by atoms with Crippen LogP contribution >= 0.6 is 0 Å². The molecule has 0 saturated carbocycles. The number of hydrogen-bond acceptors (Lipinski definition) is 3. The topological polar surface area (TPSA) is 45.2 Å². The van der Waals surface area contributed by atoms with Crippen molar-refractivity contribution in [3.8, 4) is 0 Å². The summed E-state index contributed by atoms with van der Waals surface area (Å²) in [6.07, 6.45) is 15.2. The Bertz CT molecular complexity index is 574. The Kier molecular flexibility index (Phi) is 6.27. The first-order valence-electron chi connectivity index (χ1n) is 9.50. The summed E-state index contributed by atoms with van der Waals surface area (Å²) >= 11 is 0. The summed E-state index contributed by atoms with van der Waals surface area (Å²) in [6, 6.07) is 3.97. The smallest absolute Gasteiger partial charge is 0.269 e. The van der Waals surface area contributed by atoms with Crippen LogP contribution in [0.4, 0.5) is 5.69 Å². The summed E-state index contributed by atoms with van der Waals surface area (Å²) in [5, 5.41) is 3.03. The van der Waals surface area contributed by atoms with Gasteiger partial charge in [0.25, 0.3) is 5.91 Å². The van der Waals surface area contributed by atoms with Crippen molar-refractivity contribution < 1.29 is 4.79 Å². The molecule has 0 spiro atoms. The summed E-state index contributed by atoms with van der Waals surface area (Å²) in [7, 11) is 0. The zero-order chi connectivity index (χ0) is 16.6. The van der Waals surface area contributed by atoms with E-state index < -0.39 is 0 Å². The first-order chi connectivity index (χ1) is 11.8. The number of nitrogens with one attached hydrogen (secondary N) is 1. The number of rotatable bonds is 5. The summed E-state index contributed by atoms with van der Waals surface area (Å²) in [6.45, 7) is 2.87. The zero-order valence-electron chi connectivity index (χ0n) is 14.6. The van der Waals surface area contributed by atoms with Crippen LogP contribution in [0.1, 0.15) is 68.3 Å². The Morgan fingerprint density at radius 1 is 1.12 bits per heavy atom. The van der Waals surface area contributed by atoms with Gasteiger partial charge in [-0.25, -0.2) is 0 Å². The van der Waals surface area contributed by atoms with Gasteiger partial charge in [-0.05, 0) is 57.1 Å². The lowest BCUT2D eigenvalue weighted by atomic mass is 9.97. The number of carbonyl (C=O) groups excluding carboxylic acids is 1. The van der Waals surface area contributed by atoms with Gasteiger partial charge < -0.3 is 10.2 Å². The van der Waals surface area contributed by atoms with Crippen LogP contribution in [-0.2, 0) is 0 Å². The summed E-state index contributed by atoms with van der Waals surface area (Å²) < 4.78 is 0. The lowest BCUT2D eigenvalue weighted by Gasteiger charge is -2.22. The molecule has 1 saturated heterocycles. The van der Waals surface area contributed by atoms with Crippen LogP contribution in [0.5, 0.6) is 0 Å². The molecule has 1 aromatic rings. The summed E-state index contributed by atoms with van der Waals surface area (Å²) in [4.78, 5) is 19.0. The standard InChI is InChI=1S/C20H29N3O/c24-20(22-12-10-17-8-4-3-5-9-17)19-16-18(11-13-21-19)23-14-6-1-2-7-15-23/h8,11,13,16H,1-7,9-10,12,14-15H2,(H,22,24). The van der Waals surface area contributed by atoms with Crippen molar-refractivity contribution in [2.45, 2.75) is 57.8 Å². The maximum atomic E-state index is 12.4. The fourth-order valence-corrected chi connectivity index (χ4v) is 3.63. The molecule has 2 aliphatic rings. The molecule has 1 aliphatic heterocycles. The predicted molar refractivity (Wildman–Crippen MR) is 98.4 cm³/mol. The maximum absolute atomic E-state index is 12.4. The van der Waals surface area contributed by atoms with E-state index >= 15 is 0 Å². The van der Waals surface area contributed by atoms with Gasteiger partial charge in [0.05, 0.1) is 0 Å². The molecule has 1 amide bonds. The van der Waals surface area contributed by atoms with Crippen LogP contribution < -0.4 is 10.2 Å². The van der Waals surface area contributed by atoms with Gasteiger partial charge >= 0.3 is 0 Å². The van der Waals surface area contributed by atoms with E-state index in [0.717, 1.165) is 25.2 Å². The maximum Gasteiger partial charge on any atom is 0.269 e. The highest BCUT2D eigenvalue weighted by Crippen LogP contribution is 2.21. The van der Waals surface area contributed by atoms with Gasteiger partial charge in [-0.3, -0.25) is 9.78 Å². The lowest BCUT2D eigenvalue weighted by molar-refractivity contribution is 0.0949. The molecule has 3 rings (SSSR count). The minimum Gasteiger partial charge on any atom is -0.371 e. The highest BCUT2D eigenvalue weighted by molar-refractivity contribution is 5.93. The SMILES string of the molecule is O=C(NCCC1=CCCCC1)c1cc(N2CCCCCC2)ccn1. The van der Waals surface area contributed by atoms with Gasteiger partial charge in [0.15, 0.2) is 0 Å². The van der Waals surface area contributed by atoms with Crippen LogP contribution in [0, 0.1) is 0 Å². The lowest BCUT2D eigenvalue weighted by Crippen LogP contribution is -2.27. The third-order valence-corrected chi connectivity index (χ3v) is 5.06. The van der Waals surface area contributed by atoms with Crippen molar-refractivity contribution in [1.82, 2.24) is 10.3 Å².